The van der Waals surface area contributed by atoms with Gasteiger partial charge in [-0.25, -0.2) is 0 Å². The molecule has 1 aromatic heterocycles. The largest absolute Gasteiger partial charge is 0.434 e. The Labute approximate surface area is 162 Å². The summed E-state index contributed by atoms with van der Waals surface area (Å²) in [6, 6.07) is 6.07. The molecule has 0 spiro atoms. The maximum atomic E-state index is 12.7. The first-order valence-electron chi connectivity index (χ1n) is 9.29. The lowest BCUT2D eigenvalue weighted by Crippen LogP contribution is -2.48. The number of piperazine rings is 1. The molecule has 0 N–H and O–H groups in total. The minimum absolute atomic E-state index is 0.102. The van der Waals surface area contributed by atoms with Crippen LogP contribution >= 0.6 is 0 Å². The minimum atomic E-state index is -2.97. The lowest BCUT2D eigenvalue weighted by atomic mass is 10.1. The summed E-state index contributed by atoms with van der Waals surface area (Å²) in [7, 11) is 0. The molecule has 7 nitrogen and oxygen atoms in total. The Morgan fingerprint density at radius 3 is 2.61 bits per heavy atom. The average Bonchev–Trinajstić information content (AvgIpc) is 3.08. The monoisotopic (exact) mass is 394 g/mol. The van der Waals surface area contributed by atoms with Crippen molar-refractivity contribution in [3.8, 4) is 5.75 Å². The van der Waals surface area contributed by atoms with Crippen molar-refractivity contribution < 1.29 is 22.8 Å². The van der Waals surface area contributed by atoms with Gasteiger partial charge in [0.05, 0.1) is 12.1 Å². The molecular formula is C19H24F2N4O3. The van der Waals surface area contributed by atoms with Gasteiger partial charge in [0.1, 0.15) is 5.75 Å². The van der Waals surface area contributed by atoms with Gasteiger partial charge in [0, 0.05) is 32.6 Å². The van der Waals surface area contributed by atoms with Crippen LogP contribution in [-0.2, 0) is 13.0 Å². The van der Waals surface area contributed by atoms with Gasteiger partial charge in [0.25, 0.3) is 5.91 Å². The highest BCUT2D eigenvalue weighted by Gasteiger charge is 2.25. The van der Waals surface area contributed by atoms with E-state index in [2.05, 4.69) is 33.6 Å². The van der Waals surface area contributed by atoms with Crippen molar-refractivity contribution in [2.45, 2.75) is 33.4 Å². The van der Waals surface area contributed by atoms with Gasteiger partial charge in [-0.15, -0.1) is 0 Å². The van der Waals surface area contributed by atoms with Crippen LogP contribution in [0.4, 0.5) is 8.78 Å². The predicted molar refractivity (Wildman–Crippen MR) is 97.1 cm³/mol. The first-order chi connectivity index (χ1) is 13.4. The van der Waals surface area contributed by atoms with E-state index in [9.17, 15) is 13.6 Å². The summed E-state index contributed by atoms with van der Waals surface area (Å²) in [6.45, 7) is 4.00. The third-order valence-electron chi connectivity index (χ3n) is 4.45. The number of carbonyl (C=O) groups is 1. The van der Waals surface area contributed by atoms with Crippen LogP contribution in [0.2, 0.25) is 0 Å². The average molecular weight is 394 g/mol. The maximum absolute atomic E-state index is 12.7. The summed E-state index contributed by atoms with van der Waals surface area (Å²) in [5.41, 5.74) is 0.146. The fourth-order valence-electron chi connectivity index (χ4n) is 3.11. The van der Waals surface area contributed by atoms with E-state index in [4.69, 9.17) is 4.52 Å². The Kier molecular flexibility index (Phi) is 6.56. The van der Waals surface area contributed by atoms with Gasteiger partial charge in [-0.3, -0.25) is 9.69 Å². The van der Waals surface area contributed by atoms with Crippen LogP contribution in [0.15, 0.2) is 28.8 Å². The third kappa shape index (κ3) is 5.25. The second kappa shape index (κ2) is 9.09. The third-order valence-corrected chi connectivity index (χ3v) is 4.45. The number of hydrogen-bond acceptors (Lipinski definition) is 6. The van der Waals surface area contributed by atoms with E-state index in [0.29, 0.717) is 50.4 Å². The van der Waals surface area contributed by atoms with Crippen molar-refractivity contribution in [3.63, 3.8) is 0 Å². The molecule has 28 heavy (non-hydrogen) atoms. The van der Waals surface area contributed by atoms with Crippen molar-refractivity contribution in [3.05, 3.63) is 41.5 Å². The van der Waals surface area contributed by atoms with Gasteiger partial charge in [-0.05, 0) is 18.1 Å². The number of benzene rings is 1. The lowest BCUT2D eigenvalue weighted by molar-refractivity contribution is -0.0503. The maximum Gasteiger partial charge on any atom is 0.387 e. The minimum Gasteiger partial charge on any atom is -0.434 e. The molecule has 0 bridgehead atoms. The smallest absolute Gasteiger partial charge is 0.387 e. The number of amides is 1. The van der Waals surface area contributed by atoms with E-state index >= 15 is 0 Å². The molecule has 0 saturated carbocycles. The van der Waals surface area contributed by atoms with E-state index in [1.165, 1.54) is 12.1 Å². The summed E-state index contributed by atoms with van der Waals surface area (Å²) >= 11 is 0. The fourth-order valence-corrected chi connectivity index (χ4v) is 3.11. The number of carbonyl (C=O) groups excluding carboxylic acids is 1. The highest BCUT2D eigenvalue weighted by Crippen LogP contribution is 2.22. The highest BCUT2D eigenvalue weighted by molar-refractivity contribution is 5.97. The van der Waals surface area contributed by atoms with Gasteiger partial charge >= 0.3 is 6.61 Å². The highest BCUT2D eigenvalue weighted by atomic mass is 19.3. The van der Waals surface area contributed by atoms with E-state index in [1.54, 1.807) is 17.0 Å². The second-order valence-electron chi connectivity index (χ2n) is 7.15. The molecule has 0 unspecified atom stereocenters. The molecule has 0 atom stereocenters. The fraction of sp³-hybridized carbons (Fsp3) is 0.526. The van der Waals surface area contributed by atoms with Crippen molar-refractivity contribution in [1.29, 1.82) is 0 Å². The number of aromatic nitrogens is 2. The molecule has 1 aliphatic heterocycles. The topological polar surface area (TPSA) is 71.7 Å². The summed E-state index contributed by atoms with van der Waals surface area (Å²) in [4.78, 5) is 20.9. The van der Waals surface area contributed by atoms with Crippen molar-refractivity contribution in [2.75, 3.05) is 26.2 Å². The molecule has 1 aliphatic rings. The first-order valence-corrected chi connectivity index (χ1v) is 9.29. The number of alkyl halides is 2. The van der Waals surface area contributed by atoms with Gasteiger partial charge in [-0.2, -0.15) is 13.8 Å². The van der Waals surface area contributed by atoms with Crippen LogP contribution in [0.1, 0.15) is 35.9 Å². The van der Waals surface area contributed by atoms with Gasteiger partial charge in [-0.1, -0.05) is 31.1 Å². The van der Waals surface area contributed by atoms with Crippen molar-refractivity contribution in [1.82, 2.24) is 19.9 Å². The zero-order valence-corrected chi connectivity index (χ0v) is 16.0. The zero-order chi connectivity index (χ0) is 20.1. The Morgan fingerprint density at radius 1 is 1.21 bits per heavy atom. The van der Waals surface area contributed by atoms with Crippen LogP contribution in [0.25, 0.3) is 0 Å². The van der Waals surface area contributed by atoms with Crippen molar-refractivity contribution in [2.24, 2.45) is 5.92 Å². The number of nitrogens with zero attached hydrogens (tertiary/aromatic N) is 4. The molecule has 9 heteroatoms. The predicted octanol–water partition coefficient (Wildman–Crippen LogP) is 2.83. The number of hydrogen-bond donors (Lipinski definition) is 0. The van der Waals surface area contributed by atoms with Crippen LogP contribution in [-0.4, -0.2) is 58.6 Å². The van der Waals surface area contributed by atoms with E-state index in [0.717, 1.165) is 6.42 Å². The SMILES string of the molecule is CC(C)Cc1nc(CN2CCN(C(=O)c3ccccc3OC(F)F)CC2)no1. The molecule has 1 saturated heterocycles. The normalized spacial score (nSPS) is 15.4. The zero-order valence-electron chi connectivity index (χ0n) is 16.0. The van der Waals surface area contributed by atoms with E-state index in [-0.39, 0.29) is 17.2 Å². The Balaban J connectivity index is 1.55. The number of ether oxygens (including phenoxy) is 1. The van der Waals surface area contributed by atoms with Gasteiger partial charge < -0.3 is 14.2 Å². The summed E-state index contributed by atoms with van der Waals surface area (Å²) in [5.74, 6) is 1.30. The summed E-state index contributed by atoms with van der Waals surface area (Å²) in [5, 5.41) is 4.01. The quantitative estimate of drug-likeness (QED) is 0.719. The first kappa shape index (κ1) is 20.2. The summed E-state index contributed by atoms with van der Waals surface area (Å²) in [6.07, 6.45) is 0.745. The standard InChI is InChI=1S/C19H24F2N4O3/c1-13(2)11-17-22-16(23-28-17)12-24-7-9-25(10-8-24)18(26)14-5-3-4-6-15(14)27-19(20)21/h3-6,13,19H,7-12H2,1-2H3. The molecule has 0 radical (unpaired) electrons. The number of halogens is 2. The number of rotatable bonds is 7. The van der Waals surface area contributed by atoms with E-state index < -0.39 is 6.61 Å². The van der Waals surface area contributed by atoms with Crippen LogP contribution in [0.5, 0.6) is 5.75 Å². The lowest BCUT2D eigenvalue weighted by Gasteiger charge is -2.34. The molecule has 1 aromatic carbocycles. The molecule has 2 aromatic rings. The summed E-state index contributed by atoms with van der Waals surface area (Å²) < 4.78 is 34.8. The molecule has 2 heterocycles. The number of para-hydroxylation sites is 1. The van der Waals surface area contributed by atoms with Gasteiger partial charge in [0.2, 0.25) is 5.89 Å². The van der Waals surface area contributed by atoms with Crippen molar-refractivity contribution >= 4 is 5.91 Å². The molecule has 0 aliphatic carbocycles. The molecule has 1 fully saturated rings. The second-order valence-corrected chi connectivity index (χ2v) is 7.15. The van der Waals surface area contributed by atoms with Crippen LogP contribution in [0.3, 0.4) is 0 Å². The Morgan fingerprint density at radius 2 is 1.93 bits per heavy atom. The van der Waals surface area contributed by atoms with Gasteiger partial charge in [0.15, 0.2) is 5.82 Å². The molecular weight excluding hydrogens is 370 g/mol. The molecule has 1 amide bonds. The Hall–Kier alpha value is -2.55. The Bertz CT molecular complexity index is 789. The molecule has 3 rings (SSSR count). The van der Waals surface area contributed by atoms with Crippen LogP contribution in [0, 0.1) is 5.92 Å². The molecule has 152 valence electrons. The van der Waals surface area contributed by atoms with Crippen LogP contribution < -0.4 is 4.74 Å². The van der Waals surface area contributed by atoms with E-state index in [1.807, 2.05) is 0 Å².